The Morgan fingerprint density at radius 1 is 1.23 bits per heavy atom. The molecule has 4 heterocycles. The van der Waals surface area contributed by atoms with Crippen LogP contribution in [0.4, 0.5) is 5.82 Å². The molecule has 1 aromatic carbocycles. The lowest BCUT2D eigenvalue weighted by Crippen LogP contribution is -2.41. The van der Waals surface area contributed by atoms with Crippen LogP contribution in [0.3, 0.4) is 0 Å². The maximum absolute atomic E-state index is 11.8. The van der Waals surface area contributed by atoms with Gasteiger partial charge in [-0.15, -0.1) is 0 Å². The van der Waals surface area contributed by atoms with Crippen LogP contribution in [0.15, 0.2) is 24.5 Å². The monoisotopic (exact) mass is 628 g/mol. The first-order chi connectivity index (χ1) is 16.7. The summed E-state index contributed by atoms with van der Waals surface area (Å²) in [5.74, 6) is 1.44. The van der Waals surface area contributed by atoms with E-state index in [4.69, 9.17) is 26.3 Å². The van der Waals surface area contributed by atoms with Crippen molar-refractivity contribution in [1.82, 2.24) is 34.2 Å². The average molecular weight is 629 g/mol. The minimum Gasteiger partial charge on any atom is -0.474 e. The van der Waals surface area contributed by atoms with Gasteiger partial charge in [0.25, 0.3) is 0 Å². The van der Waals surface area contributed by atoms with E-state index in [0.29, 0.717) is 74.4 Å². The first-order valence-electron chi connectivity index (χ1n) is 10.9. The van der Waals surface area contributed by atoms with Crippen molar-refractivity contribution >= 4 is 72.1 Å². The molecule has 35 heavy (non-hydrogen) atoms. The third-order valence-electron chi connectivity index (χ3n) is 5.80. The van der Waals surface area contributed by atoms with Crippen LogP contribution in [0, 0.1) is 3.83 Å². The van der Waals surface area contributed by atoms with E-state index in [0.717, 1.165) is 0 Å². The van der Waals surface area contributed by atoms with E-state index in [1.807, 2.05) is 19.1 Å². The molecule has 0 aliphatic carbocycles. The normalized spacial score (nSPS) is 16.6. The van der Waals surface area contributed by atoms with Gasteiger partial charge in [0.2, 0.25) is 15.9 Å². The fourth-order valence-electron chi connectivity index (χ4n) is 4.02. The molecule has 5 rings (SSSR count). The molecule has 1 aliphatic rings. The zero-order valence-electron chi connectivity index (χ0n) is 18.9. The molecule has 1 saturated heterocycles. The number of aromatic nitrogens is 6. The van der Waals surface area contributed by atoms with Crippen molar-refractivity contribution in [3.63, 3.8) is 0 Å². The first-order valence-corrected chi connectivity index (χ1v) is 14.2. The summed E-state index contributed by atoms with van der Waals surface area (Å²) in [6.07, 6.45) is 3.61. The Morgan fingerprint density at radius 3 is 2.74 bits per heavy atom. The number of rotatable bonds is 6. The van der Waals surface area contributed by atoms with E-state index >= 15 is 0 Å². The number of ether oxygens (including phenoxy) is 1. The summed E-state index contributed by atoms with van der Waals surface area (Å²) in [7, 11) is -3.22. The summed E-state index contributed by atoms with van der Waals surface area (Å²) >= 11 is 8.59. The summed E-state index contributed by atoms with van der Waals surface area (Å²) in [5, 5.41) is 4.44. The van der Waals surface area contributed by atoms with Crippen molar-refractivity contribution < 1.29 is 13.2 Å². The van der Waals surface area contributed by atoms with Crippen molar-refractivity contribution in [3.8, 4) is 5.88 Å². The molecule has 4 aromatic rings. The first kappa shape index (κ1) is 24.3. The van der Waals surface area contributed by atoms with Gasteiger partial charge in [-0.3, -0.25) is 0 Å². The second kappa shape index (κ2) is 9.59. The van der Waals surface area contributed by atoms with Gasteiger partial charge in [0, 0.05) is 13.1 Å². The highest BCUT2D eigenvalue weighted by atomic mass is 127. The maximum Gasteiger partial charge on any atom is 0.226 e. The van der Waals surface area contributed by atoms with Gasteiger partial charge < -0.3 is 15.0 Å². The van der Waals surface area contributed by atoms with Gasteiger partial charge in [0.15, 0.2) is 26.6 Å². The quantitative estimate of drug-likeness (QED) is 0.243. The van der Waals surface area contributed by atoms with E-state index < -0.39 is 10.0 Å². The number of hydrogen-bond donors (Lipinski definition) is 2. The number of sulfonamides is 1. The minimum absolute atomic E-state index is 0.189. The summed E-state index contributed by atoms with van der Waals surface area (Å²) in [6.45, 7) is 2.72. The Kier molecular flexibility index (Phi) is 6.67. The molecule has 0 amide bonds. The fraction of sp³-hybridized carbons (Fsp3) is 0.381. The SMILES string of the molecule is C[C@H](Nc1ncnc2[nH]c(I)nc12)c1nc(OC2CCN(S(C)(=O)=O)CC2)c2c(Cl)cccc2n1. The van der Waals surface area contributed by atoms with Crippen molar-refractivity contribution in [2.75, 3.05) is 24.7 Å². The molecule has 14 heteroatoms. The van der Waals surface area contributed by atoms with Crippen molar-refractivity contribution in [2.24, 2.45) is 0 Å². The number of piperidine rings is 1. The predicted octanol–water partition coefficient (Wildman–Crippen LogP) is 3.53. The lowest BCUT2D eigenvalue weighted by atomic mass is 10.1. The number of benzene rings is 1. The number of H-pyrrole nitrogens is 1. The van der Waals surface area contributed by atoms with Crippen LogP contribution in [-0.4, -0.2) is 68.1 Å². The van der Waals surface area contributed by atoms with E-state index in [2.05, 4.69) is 47.8 Å². The number of nitrogens with one attached hydrogen (secondary N) is 2. The standard InChI is InChI=1S/C21H22ClIN8O3S/c1-11(26-18-16-19(25-10-24-18)30-21(23)28-16)17-27-14-5-3-4-13(22)15(14)20(29-17)34-12-6-8-31(9-7-12)35(2,32)33/h3-5,10-12H,6-9H2,1-2H3,(H2,24,25,26,28,30)/t11-/m0/s1. The van der Waals surface area contributed by atoms with Crippen LogP contribution < -0.4 is 10.1 Å². The van der Waals surface area contributed by atoms with Crippen LogP contribution in [0.25, 0.3) is 22.1 Å². The Balaban J connectivity index is 1.44. The smallest absolute Gasteiger partial charge is 0.226 e. The number of hydrogen-bond acceptors (Lipinski definition) is 9. The Morgan fingerprint density at radius 2 is 2.00 bits per heavy atom. The zero-order chi connectivity index (χ0) is 24.7. The lowest BCUT2D eigenvalue weighted by molar-refractivity contribution is 0.131. The summed E-state index contributed by atoms with van der Waals surface area (Å²) in [5.41, 5.74) is 1.92. The van der Waals surface area contributed by atoms with Gasteiger partial charge in [-0.25, -0.2) is 32.7 Å². The zero-order valence-corrected chi connectivity index (χ0v) is 22.6. The number of imidazole rings is 1. The van der Waals surface area contributed by atoms with Crippen molar-refractivity contribution in [3.05, 3.63) is 39.2 Å². The summed E-state index contributed by atoms with van der Waals surface area (Å²) in [4.78, 5) is 25.5. The van der Waals surface area contributed by atoms with Gasteiger partial charge in [-0.05, 0) is 54.5 Å². The number of anilines is 1. The van der Waals surface area contributed by atoms with E-state index in [-0.39, 0.29) is 12.1 Å². The van der Waals surface area contributed by atoms with Crippen LogP contribution in [0.1, 0.15) is 31.6 Å². The Hall–Kier alpha value is -2.36. The molecule has 1 fully saturated rings. The molecule has 0 bridgehead atoms. The average Bonchev–Trinajstić information content (AvgIpc) is 3.20. The third kappa shape index (κ3) is 5.13. The Bertz CT molecular complexity index is 1510. The highest BCUT2D eigenvalue weighted by Gasteiger charge is 2.27. The van der Waals surface area contributed by atoms with Crippen molar-refractivity contribution in [2.45, 2.75) is 31.9 Å². The summed E-state index contributed by atoms with van der Waals surface area (Å²) < 4.78 is 32.2. The van der Waals surface area contributed by atoms with Crippen LogP contribution >= 0.6 is 34.2 Å². The third-order valence-corrected chi connectivity index (χ3v) is 7.93. The van der Waals surface area contributed by atoms with Gasteiger partial charge in [0.1, 0.15) is 12.4 Å². The molecule has 0 saturated carbocycles. The molecule has 1 atom stereocenters. The molecule has 184 valence electrons. The molecule has 0 radical (unpaired) electrons. The van der Waals surface area contributed by atoms with Crippen LogP contribution in [-0.2, 0) is 10.0 Å². The largest absolute Gasteiger partial charge is 0.474 e. The number of aromatic amines is 1. The molecule has 11 nitrogen and oxygen atoms in total. The summed E-state index contributed by atoms with van der Waals surface area (Å²) in [6, 6.07) is 5.12. The lowest BCUT2D eigenvalue weighted by Gasteiger charge is -2.30. The number of fused-ring (bicyclic) bond motifs is 2. The number of nitrogens with zero attached hydrogens (tertiary/aromatic N) is 6. The molecule has 1 aliphatic heterocycles. The van der Waals surface area contributed by atoms with Gasteiger partial charge in [-0.1, -0.05) is 17.7 Å². The predicted molar refractivity (Wildman–Crippen MR) is 141 cm³/mol. The van der Waals surface area contributed by atoms with Gasteiger partial charge in [-0.2, -0.15) is 4.98 Å². The molecule has 0 unspecified atom stereocenters. The van der Waals surface area contributed by atoms with Gasteiger partial charge >= 0.3 is 0 Å². The molecular formula is C21H22ClIN8O3S. The van der Waals surface area contributed by atoms with Gasteiger partial charge in [0.05, 0.1) is 28.2 Å². The molecular weight excluding hydrogens is 607 g/mol. The number of halogens is 2. The highest BCUT2D eigenvalue weighted by Crippen LogP contribution is 2.33. The molecule has 3 aromatic heterocycles. The molecule has 2 N–H and O–H groups in total. The minimum atomic E-state index is -3.22. The van der Waals surface area contributed by atoms with Crippen molar-refractivity contribution in [1.29, 1.82) is 0 Å². The second-order valence-electron chi connectivity index (χ2n) is 8.31. The van der Waals surface area contributed by atoms with Crippen LogP contribution in [0.5, 0.6) is 5.88 Å². The van der Waals surface area contributed by atoms with E-state index in [9.17, 15) is 8.42 Å². The Labute approximate surface area is 220 Å². The topological polar surface area (TPSA) is 139 Å². The fourth-order valence-corrected chi connectivity index (χ4v) is 5.64. The van der Waals surface area contributed by atoms with Crippen LogP contribution in [0.2, 0.25) is 5.02 Å². The maximum atomic E-state index is 11.8. The molecule has 0 spiro atoms. The highest BCUT2D eigenvalue weighted by molar-refractivity contribution is 14.1. The second-order valence-corrected chi connectivity index (χ2v) is 11.7. The van der Waals surface area contributed by atoms with E-state index in [1.165, 1.54) is 16.9 Å². The van der Waals surface area contributed by atoms with E-state index in [1.54, 1.807) is 6.07 Å².